The van der Waals surface area contributed by atoms with Crippen LogP contribution in [-0.2, 0) is 4.79 Å². The zero-order valence-electron chi connectivity index (χ0n) is 13.3. The van der Waals surface area contributed by atoms with Crippen LogP contribution in [0.4, 0.5) is 0 Å². The van der Waals surface area contributed by atoms with E-state index in [1.807, 2.05) is 4.90 Å². The minimum Gasteiger partial charge on any atom is -0.319 e. The first-order valence-corrected chi connectivity index (χ1v) is 9.08. The Kier molecular flexibility index (Phi) is 6.12. The van der Waals surface area contributed by atoms with Crippen molar-refractivity contribution >= 4 is 17.7 Å². The molecule has 1 aromatic rings. The Labute approximate surface area is 132 Å². The van der Waals surface area contributed by atoms with E-state index in [4.69, 9.17) is 0 Å². The number of rotatable bonds is 7. The molecular weight excluding hydrogens is 280 g/mol. The minimum absolute atomic E-state index is 0.0324. The molecule has 1 aromatic carbocycles. The lowest BCUT2D eigenvalue weighted by atomic mass is 10.1. The highest BCUT2D eigenvalue weighted by atomic mass is 32.2. The fourth-order valence-electron chi connectivity index (χ4n) is 2.91. The Morgan fingerprint density at radius 3 is 2.67 bits per heavy atom. The van der Waals surface area contributed by atoms with Crippen LogP contribution in [0.15, 0.2) is 29.2 Å². The molecule has 1 amide bonds. The molecule has 116 valence electrons. The van der Waals surface area contributed by atoms with Crippen molar-refractivity contribution in [1.82, 2.24) is 10.2 Å². The van der Waals surface area contributed by atoms with Gasteiger partial charge in [-0.1, -0.05) is 38.3 Å². The number of nitrogens with one attached hydrogen (secondary N) is 1. The highest BCUT2D eigenvalue weighted by Crippen LogP contribution is 2.28. The molecule has 1 aliphatic rings. The summed E-state index contributed by atoms with van der Waals surface area (Å²) in [5.74, 6) is 0.220. The SMILES string of the molecule is CCCCCC(C)N1C(=O)CNC1c1ccc(SC)cc1. The summed E-state index contributed by atoms with van der Waals surface area (Å²) in [4.78, 5) is 15.5. The largest absolute Gasteiger partial charge is 0.319 e. The molecule has 4 heteroatoms. The lowest BCUT2D eigenvalue weighted by Crippen LogP contribution is -2.37. The van der Waals surface area contributed by atoms with E-state index in [0.717, 1.165) is 6.42 Å². The summed E-state index contributed by atoms with van der Waals surface area (Å²) in [5.41, 5.74) is 1.18. The van der Waals surface area contributed by atoms with Crippen molar-refractivity contribution in [2.75, 3.05) is 12.8 Å². The summed E-state index contributed by atoms with van der Waals surface area (Å²) < 4.78 is 0. The van der Waals surface area contributed by atoms with E-state index in [2.05, 4.69) is 49.7 Å². The molecule has 0 saturated carbocycles. The summed E-state index contributed by atoms with van der Waals surface area (Å²) in [7, 11) is 0. The van der Waals surface area contributed by atoms with Crippen molar-refractivity contribution in [1.29, 1.82) is 0 Å². The number of unbranched alkanes of at least 4 members (excludes halogenated alkanes) is 2. The van der Waals surface area contributed by atoms with E-state index in [1.54, 1.807) is 11.8 Å². The van der Waals surface area contributed by atoms with Crippen LogP contribution in [0.3, 0.4) is 0 Å². The number of nitrogens with zero attached hydrogens (tertiary/aromatic N) is 1. The molecule has 0 bridgehead atoms. The average Bonchev–Trinajstić information content (AvgIpc) is 2.89. The number of hydrogen-bond acceptors (Lipinski definition) is 3. The third kappa shape index (κ3) is 4.01. The van der Waals surface area contributed by atoms with Gasteiger partial charge in [0.15, 0.2) is 0 Å². The summed E-state index contributed by atoms with van der Waals surface area (Å²) >= 11 is 1.74. The van der Waals surface area contributed by atoms with Crippen molar-refractivity contribution in [3.05, 3.63) is 29.8 Å². The first kappa shape index (κ1) is 16.4. The van der Waals surface area contributed by atoms with Gasteiger partial charge in [-0.3, -0.25) is 10.1 Å². The van der Waals surface area contributed by atoms with Gasteiger partial charge in [-0.05, 0) is 37.3 Å². The van der Waals surface area contributed by atoms with E-state index in [0.29, 0.717) is 12.6 Å². The monoisotopic (exact) mass is 306 g/mol. The van der Waals surface area contributed by atoms with Gasteiger partial charge in [-0.2, -0.15) is 0 Å². The highest BCUT2D eigenvalue weighted by Gasteiger charge is 2.34. The van der Waals surface area contributed by atoms with Gasteiger partial charge in [0, 0.05) is 10.9 Å². The van der Waals surface area contributed by atoms with E-state index >= 15 is 0 Å². The molecule has 2 rings (SSSR count). The van der Waals surface area contributed by atoms with Gasteiger partial charge in [0.1, 0.15) is 6.17 Å². The minimum atomic E-state index is 0.0324. The summed E-state index contributed by atoms with van der Waals surface area (Å²) in [6.07, 6.45) is 6.85. The van der Waals surface area contributed by atoms with Crippen LogP contribution in [-0.4, -0.2) is 29.6 Å². The Hall–Kier alpha value is -1.00. The Morgan fingerprint density at radius 1 is 1.33 bits per heavy atom. The Balaban J connectivity index is 2.07. The average molecular weight is 306 g/mol. The van der Waals surface area contributed by atoms with Crippen molar-refractivity contribution < 1.29 is 4.79 Å². The van der Waals surface area contributed by atoms with Gasteiger partial charge in [-0.15, -0.1) is 11.8 Å². The van der Waals surface area contributed by atoms with Crippen molar-refractivity contribution in [3.8, 4) is 0 Å². The second-order valence-corrected chi connectivity index (χ2v) is 6.58. The van der Waals surface area contributed by atoms with Crippen molar-refractivity contribution in [3.63, 3.8) is 0 Å². The van der Waals surface area contributed by atoms with Crippen molar-refractivity contribution in [2.24, 2.45) is 0 Å². The maximum Gasteiger partial charge on any atom is 0.238 e. The second kappa shape index (κ2) is 7.85. The number of carbonyl (C=O) groups is 1. The van der Waals surface area contributed by atoms with Gasteiger partial charge in [0.2, 0.25) is 5.91 Å². The van der Waals surface area contributed by atoms with Gasteiger partial charge < -0.3 is 4.90 Å². The normalized spacial score (nSPS) is 20.0. The number of hydrogen-bond donors (Lipinski definition) is 1. The van der Waals surface area contributed by atoms with E-state index in [1.165, 1.54) is 29.7 Å². The molecule has 3 nitrogen and oxygen atoms in total. The Bertz CT molecular complexity index is 460. The van der Waals surface area contributed by atoms with Crippen LogP contribution in [0.25, 0.3) is 0 Å². The van der Waals surface area contributed by atoms with Gasteiger partial charge in [0.25, 0.3) is 0 Å². The van der Waals surface area contributed by atoms with E-state index in [-0.39, 0.29) is 12.1 Å². The lowest BCUT2D eigenvalue weighted by molar-refractivity contribution is -0.130. The third-order valence-electron chi connectivity index (χ3n) is 4.14. The fourth-order valence-corrected chi connectivity index (χ4v) is 3.32. The Morgan fingerprint density at radius 2 is 2.05 bits per heavy atom. The van der Waals surface area contributed by atoms with Gasteiger partial charge >= 0.3 is 0 Å². The van der Waals surface area contributed by atoms with E-state index in [9.17, 15) is 4.79 Å². The predicted molar refractivity (Wildman–Crippen MR) is 89.4 cm³/mol. The molecule has 2 atom stereocenters. The molecule has 0 aliphatic carbocycles. The smallest absolute Gasteiger partial charge is 0.238 e. The van der Waals surface area contributed by atoms with Crippen LogP contribution >= 0.6 is 11.8 Å². The number of benzene rings is 1. The third-order valence-corrected chi connectivity index (χ3v) is 4.89. The van der Waals surface area contributed by atoms with Crippen molar-refractivity contribution in [2.45, 2.75) is 56.6 Å². The van der Waals surface area contributed by atoms with Gasteiger partial charge in [-0.25, -0.2) is 0 Å². The first-order chi connectivity index (χ1) is 10.2. The lowest BCUT2D eigenvalue weighted by Gasteiger charge is -2.31. The highest BCUT2D eigenvalue weighted by molar-refractivity contribution is 7.98. The van der Waals surface area contributed by atoms with Gasteiger partial charge in [0.05, 0.1) is 6.54 Å². The van der Waals surface area contributed by atoms with Crippen LogP contribution in [0.2, 0.25) is 0 Å². The maximum absolute atomic E-state index is 12.2. The molecule has 0 radical (unpaired) electrons. The quantitative estimate of drug-likeness (QED) is 0.614. The molecule has 0 spiro atoms. The predicted octanol–water partition coefficient (Wildman–Crippen LogP) is 3.81. The summed E-state index contributed by atoms with van der Waals surface area (Å²) in [6.45, 7) is 4.83. The number of carbonyl (C=O) groups excluding carboxylic acids is 1. The van der Waals surface area contributed by atoms with E-state index < -0.39 is 0 Å². The maximum atomic E-state index is 12.2. The molecule has 1 N–H and O–H groups in total. The topological polar surface area (TPSA) is 32.3 Å². The molecule has 1 heterocycles. The molecule has 1 aliphatic heterocycles. The molecule has 1 saturated heterocycles. The fraction of sp³-hybridized carbons (Fsp3) is 0.588. The van der Waals surface area contributed by atoms with Crippen LogP contribution in [0.1, 0.15) is 51.3 Å². The molecule has 2 unspecified atom stereocenters. The van der Waals surface area contributed by atoms with Crippen LogP contribution in [0, 0.1) is 0 Å². The molecule has 21 heavy (non-hydrogen) atoms. The second-order valence-electron chi connectivity index (χ2n) is 5.70. The molecule has 1 fully saturated rings. The zero-order chi connectivity index (χ0) is 15.2. The molecule has 0 aromatic heterocycles. The van der Waals surface area contributed by atoms with Crippen LogP contribution < -0.4 is 5.32 Å². The number of amides is 1. The zero-order valence-corrected chi connectivity index (χ0v) is 14.1. The molecular formula is C17H26N2OS. The summed E-state index contributed by atoms with van der Waals surface area (Å²) in [6, 6.07) is 8.82. The number of thioether (sulfide) groups is 1. The van der Waals surface area contributed by atoms with Crippen LogP contribution in [0.5, 0.6) is 0 Å². The first-order valence-electron chi connectivity index (χ1n) is 7.86. The summed E-state index contributed by atoms with van der Waals surface area (Å²) in [5, 5.41) is 3.35. The standard InChI is InChI=1S/C17H26N2OS/c1-4-5-6-7-13(2)19-16(20)12-18-17(19)14-8-10-15(21-3)11-9-14/h8-11,13,17-18H,4-7,12H2,1-3H3.